The molecule has 2 amide bonds. The fraction of sp³-hybridized carbons (Fsp3) is 0.300. The number of benzene rings is 2. The molecular weight excluding hydrogens is 336 g/mol. The molecule has 0 aliphatic heterocycles. The van der Waals surface area contributed by atoms with Crippen LogP contribution in [0.25, 0.3) is 0 Å². The van der Waals surface area contributed by atoms with Gasteiger partial charge in [0.05, 0.1) is 0 Å². The Kier molecular flexibility index (Phi) is 7.02. The molecule has 1 N–H and O–H groups in total. The van der Waals surface area contributed by atoms with Gasteiger partial charge in [-0.2, -0.15) is 0 Å². The first-order valence-electron chi connectivity index (χ1n) is 8.44. The largest absolute Gasteiger partial charge is 0.341 e. The van der Waals surface area contributed by atoms with Crippen molar-refractivity contribution >= 4 is 23.4 Å². The van der Waals surface area contributed by atoms with Crippen LogP contribution in [0.1, 0.15) is 29.8 Å². The minimum Gasteiger partial charge on any atom is -0.341 e. The number of hydrogen-bond donors (Lipinski definition) is 1. The first-order valence-corrected chi connectivity index (χ1v) is 8.82. The summed E-state index contributed by atoms with van der Waals surface area (Å²) in [5.74, 6) is -0.353. The summed E-state index contributed by atoms with van der Waals surface area (Å²) < 4.78 is 0. The number of halogens is 1. The molecule has 0 aliphatic rings. The Balaban J connectivity index is 2.19. The van der Waals surface area contributed by atoms with E-state index in [1.807, 2.05) is 44.2 Å². The van der Waals surface area contributed by atoms with E-state index in [1.165, 1.54) is 0 Å². The lowest BCUT2D eigenvalue weighted by molar-refractivity contribution is -0.132. The highest BCUT2D eigenvalue weighted by atomic mass is 35.5. The zero-order valence-corrected chi connectivity index (χ0v) is 15.3. The van der Waals surface area contributed by atoms with Crippen LogP contribution >= 0.6 is 11.6 Å². The lowest BCUT2D eigenvalue weighted by atomic mass is 10.0. The molecule has 132 valence electrons. The predicted molar refractivity (Wildman–Crippen MR) is 101 cm³/mol. The summed E-state index contributed by atoms with van der Waals surface area (Å²) in [6, 6.07) is 15.7. The van der Waals surface area contributed by atoms with Crippen molar-refractivity contribution in [3.05, 3.63) is 70.7 Å². The van der Waals surface area contributed by atoms with Crippen LogP contribution in [0.2, 0.25) is 5.02 Å². The number of amides is 2. The summed E-state index contributed by atoms with van der Waals surface area (Å²) >= 11 is 5.87. The molecule has 0 aliphatic carbocycles. The van der Waals surface area contributed by atoms with Crippen molar-refractivity contribution < 1.29 is 9.59 Å². The van der Waals surface area contributed by atoms with Gasteiger partial charge in [-0.15, -0.1) is 0 Å². The Morgan fingerprint density at radius 3 is 2.16 bits per heavy atom. The summed E-state index contributed by atoms with van der Waals surface area (Å²) in [5, 5.41) is 3.44. The highest BCUT2D eigenvalue weighted by molar-refractivity contribution is 6.30. The Hall–Kier alpha value is -2.33. The molecule has 2 rings (SSSR count). The van der Waals surface area contributed by atoms with Crippen molar-refractivity contribution in [2.24, 2.45) is 0 Å². The fourth-order valence-electron chi connectivity index (χ4n) is 2.65. The van der Waals surface area contributed by atoms with E-state index in [1.54, 1.807) is 29.2 Å². The topological polar surface area (TPSA) is 49.4 Å². The van der Waals surface area contributed by atoms with Crippen molar-refractivity contribution in [3.8, 4) is 0 Å². The van der Waals surface area contributed by atoms with Crippen molar-refractivity contribution in [3.63, 3.8) is 0 Å². The zero-order chi connectivity index (χ0) is 18.2. The normalized spacial score (nSPS) is 11.6. The highest BCUT2D eigenvalue weighted by Gasteiger charge is 2.25. The number of nitrogens with zero attached hydrogens (tertiary/aromatic N) is 1. The number of nitrogens with one attached hydrogen (secondary N) is 1. The molecule has 0 aromatic heterocycles. The molecule has 2 aromatic rings. The molecule has 0 saturated carbocycles. The van der Waals surface area contributed by atoms with Gasteiger partial charge in [0.15, 0.2) is 0 Å². The summed E-state index contributed by atoms with van der Waals surface area (Å²) in [6.45, 7) is 5.08. The van der Waals surface area contributed by atoms with Crippen LogP contribution in [-0.4, -0.2) is 35.8 Å². The molecule has 1 atom stereocenters. The Labute approximate surface area is 153 Å². The smallest absolute Gasteiger partial charge is 0.251 e. The quantitative estimate of drug-likeness (QED) is 0.822. The summed E-state index contributed by atoms with van der Waals surface area (Å²) in [5.41, 5.74) is 1.49. The number of carbonyl (C=O) groups is 2. The van der Waals surface area contributed by atoms with Crippen LogP contribution in [0.5, 0.6) is 0 Å². The second-order valence-electron chi connectivity index (χ2n) is 5.73. The number of carbonyl (C=O) groups excluding carboxylic acids is 2. The first-order chi connectivity index (χ1) is 12.0. The third-order valence-corrected chi connectivity index (χ3v) is 4.32. The minimum absolute atomic E-state index is 0.0730. The molecule has 0 radical (unpaired) electrons. The molecule has 0 fully saturated rings. The number of rotatable bonds is 7. The minimum atomic E-state index is -0.606. The molecule has 0 bridgehead atoms. The Morgan fingerprint density at radius 2 is 1.60 bits per heavy atom. The van der Waals surface area contributed by atoms with E-state index in [0.717, 1.165) is 5.56 Å². The van der Waals surface area contributed by atoms with Gasteiger partial charge in [-0.25, -0.2) is 0 Å². The molecule has 1 unspecified atom stereocenters. The average Bonchev–Trinajstić information content (AvgIpc) is 2.63. The number of likely N-dealkylation sites (N-methyl/N-ethyl adjacent to an activating group) is 1. The van der Waals surface area contributed by atoms with E-state index >= 15 is 0 Å². The van der Waals surface area contributed by atoms with E-state index < -0.39 is 6.04 Å². The van der Waals surface area contributed by atoms with Gasteiger partial charge in [0.25, 0.3) is 5.91 Å². The predicted octanol–water partition coefficient (Wildman–Crippen LogP) is 3.55. The van der Waals surface area contributed by atoms with E-state index in [-0.39, 0.29) is 11.8 Å². The Morgan fingerprint density at radius 1 is 1.00 bits per heavy atom. The maximum absolute atomic E-state index is 12.8. The second-order valence-corrected chi connectivity index (χ2v) is 6.17. The standard InChI is InChI=1S/C20H23ClN2O2/c1-3-23(4-2)20(25)18(14-15-8-6-5-7-9-15)22-19(24)16-10-12-17(21)13-11-16/h5-13,18H,3-4,14H2,1-2H3,(H,22,24). The van der Waals surface area contributed by atoms with Crippen molar-refractivity contribution in [1.82, 2.24) is 10.2 Å². The lowest BCUT2D eigenvalue weighted by Crippen LogP contribution is -2.49. The van der Waals surface area contributed by atoms with Gasteiger partial charge in [-0.3, -0.25) is 9.59 Å². The SMILES string of the molecule is CCN(CC)C(=O)C(Cc1ccccc1)NC(=O)c1ccc(Cl)cc1. The van der Waals surface area contributed by atoms with Gasteiger partial charge in [0, 0.05) is 30.1 Å². The van der Waals surface area contributed by atoms with Crippen LogP contribution in [0.4, 0.5) is 0 Å². The summed E-state index contributed by atoms with van der Waals surface area (Å²) in [6.07, 6.45) is 0.454. The van der Waals surface area contributed by atoms with Gasteiger partial charge in [0.1, 0.15) is 6.04 Å². The molecular formula is C20H23ClN2O2. The van der Waals surface area contributed by atoms with E-state index in [0.29, 0.717) is 30.1 Å². The van der Waals surface area contributed by atoms with E-state index in [2.05, 4.69) is 5.32 Å². The highest BCUT2D eigenvalue weighted by Crippen LogP contribution is 2.11. The van der Waals surface area contributed by atoms with Crippen molar-refractivity contribution in [2.45, 2.75) is 26.3 Å². The van der Waals surface area contributed by atoms with Crippen LogP contribution in [0.15, 0.2) is 54.6 Å². The maximum Gasteiger partial charge on any atom is 0.251 e. The first kappa shape index (κ1) is 19.0. The van der Waals surface area contributed by atoms with Gasteiger partial charge in [-0.1, -0.05) is 41.9 Å². The van der Waals surface area contributed by atoms with Gasteiger partial charge in [0.2, 0.25) is 5.91 Å². The van der Waals surface area contributed by atoms with Crippen molar-refractivity contribution in [2.75, 3.05) is 13.1 Å². The van der Waals surface area contributed by atoms with Gasteiger partial charge < -0.3 is 10.2 Å². The molecule has 25 heavy (non-hydrogen) atoms. The van der Waals surface area contributed by atoms with Gasteiger partial charge >= 0.3 is 0 Å². The third-order valence-electron chi connectivity index (χ3n) is 4.07. The fourth-order valence-corrected chi connectivity index (χ4v) is 2.77. The molecule has 5 heteroatoms. The monoisotopic (exact) mass is 358 g/mol. The van der Waals surface area contributed by atoms with Crippen LogP contribution in [0, 0.1) is 0 Å². The lowest BCUT2D eigenvalue weighted by Gasteiger charge is -2.26. The van der Waals surface area contributed by atoms with Crippen molar-refractivity contribution in [1.29, 1.82) is 0 Å². The molecule has 0 saturated heterocycles. The van der Waals surface area contributed by atoms with Crippen LogP contribution in [0.3, 0.4) is 0 Å². The molecule has 4 nitrogen and oxygen atoms in total. The van der Waals surface area contributed by atoms with Crippen LogP contribution in [-0.2, 0) is 11.2 Å². The second kappa shape index (κ2) is 9.23. The zero-order valence-electron chi connectivity index (χ0n) is 14.5. The van der Waals surface area contributed by atoms with E-state index in [9.17, 15) is 9.59 Å². The van der Waals surface area contributed by atoms with Gasteiger partial charge in [-0.05, 0) is 43.7 Å². The molecule has 0 spiro atoms. The summed E-state index contributed by atoms with van der Waals surface area (Å²) in [4.78, 5) is 27.1. The van der Waals surface area contributed by atoms with E-state index in [4.69, 9.17) is 11.6 Å². The third kappa shape index (κ3) is 5.33. The average molecular weight is 359 g/mol. The van der Waals surface area contributed by atoms with Crippen LogP contribution < -0.4 is 5.32 Å². The molecule has 0 heterocycles. The summed E-state index contributed by atoms with van der Waals surface area (Å²) in [7, 11) is 0. The Bertz CT molecular complexity index is 697. The molecule has 2 aromatic carbocycles. The number of hydrogen-bond acceptors (Lipinski definition) is 2. The maximum atomic E-state index is 12.8.